The van der Waals surface area contributed by atoms with Gasteiger partial charge in [-0.25, -0.2) is 13.1 Å². The molecule has 0 spiro atoms. The third kappa shape index (κ3) is 3.36. The van der Waals surface area contributed by atoms with Crippen molar-refractivity contribution in [2.45, 2.75) is 11.4 Å². The van der Waals surface area contributed by atoms with Crippen LogP contribution < -0.4 is 0 Å². The van der Waals surface area contributed by atoms with Gasteiger partial charge in [-0.2, -0.15) is 9.40 Å². The highest BCUT2D eigenvalue weighted by molar-refractivity contribution is 7.89. The molecule has 0 unspecified atom stereocenters. The van der Waals surface area contributed by atoms with Gasteiger partial charge >= 0.3 is 0 Å². The van der Waals surface area contributed by atoms with Gasteiger partial charge in [0, 0.05) is 25.4 Å². The van der Waals surface area contributed by atoms with Gasteiger partial charge in [0.25, 0.3) is 0 Å². The molecule has 2 aromatic carbocycles. The number of benzene rings is 2. The topological polar surface area (TPSA) is 55.2 Å². The van der Waals surface area contributed by atoms with Gasteiger partial charge in [-0.15, -0.1) is 0 Å². The van der Waals surface area contributed by atoms with Gasteiger partial charge in [0.1, 0.15) is 4.90 Å². The molecule has 5 nitrogen and oxygen atoms in total. The van der Waals surface area contributed by atoms with Crippen LogP contribution in [0.4, 0.5) is 0 Å². The Morgan fingerprint density at radius 3 is 2.46 bits per heavy atom. The first-order valence-electron chi connectivity index (χ1n) is 7.28. The van der Waals surface area contributed by atoms with Crippen molar-refractivity contribution in [3.8, 4) is 5.69 Å². The second-order valence-electron chi connectivity index (χ2n) is 5.32. The third-order valence-electron chi connectivity index (χ3n) is 3.59. The molecular weight excluding hydrogens is 346 g/mol. The normalized spacial score (nSPS) is 11.8. The maximum absolute atomic E-state index is 12.6. The largest absolute Gasteiger partial charge is 0.244 e. The zero-order chi connectivity index (χ0) is 17.2. The number of sulfonamides is 1. The number of halogens is 1. The van der Waals surface area contributed by atoms with Crippen molar-refractivity contribution in [3.63, 3.8) is 0 Å². The van der Waals surface area contributed by atoms with Crippen molar-refractivity contribution in [2.75, 3.05) is 7.05 Å². The van der Waals surface area contributed by atoms with E-state index < -0.39 is 10.0 Å². The van der Waals surface area contributed by atoms with Crippen molar-refractivity contribution < 1.29 is 8.42 Å². The molecule has 0 saturated heterocycles. The summed E-state index contributed by atoms with van der Waals surface area (Å²) in [6.45, 7) is 0.209. The Labute approximate surface area is 146 Å². The SMILES string of the molecule is CN(Cc1cnn(-c2ccccc2)c1)S(=O)(=O)c1ccccc1Cl. The first kappa shape index (κ1) is 16.7. The molecule has 0 N–H and O–H groups in total. The summed E-state index contributed by atoms with van der Waals surface area (Å²) in [5.74, 6) is 0. The van der Waals surface area contributed by atoms with E-state index in [1.165, 1.54) is 17.4 Å². The summed E-state index contributed by atoms with van der Waals surface area (Å²) in [4.78, 5) is 0.101. The predicted octanol–water partition coefficient (Wildman–Crippen LogP) is 3.35. The lowest BCUT2D eigenvalue weighted by Gasteiger charge is -2.17. The Kier molecular flexibility index (Phi) is 4.71. The van der Waals surface area contributed by atoms with E-state index in [0.29, 0.717) is 0 Å². The quantitative estimate of drug-likeness (QED) is 0.700. The Bertz CT molecular complexity index is 939. The Hall–Kier alpha value is -2.15. The van der Waals surface area contributed by atoms with Crippen LogP contribution in [0.15, 0.2) is 71.9 Å². The van der Waals surface area contributed by atoms with Crippen LogP contribution in [-0.2, 0) is 16.6 Å². The molecule has 24 heavy (non-hydrogen) atoms. The number of hydrogen-bond acceptors (Lipinski definition) is 3. The maximum Gasteiger partial charge on any atom is 0.244 e. The molecule has 0 atom stereocenters. The minimum atomic E-state index is -3.66. The average Bonchev–Trinajstić information content (AvgIpc) is 3.04. The molecule has 7 heteroatoms. The van der Waals surface area contributed by atoms with Crippen LogP contribution in [0.5, 0.6) is 0 Å². The van der Waals surface area contributed by atoms with Crippen molar-refractivity contribution >= 4 is 21.6 Å². The lowest BCUT2D eigenvalue weighted by molar-refractivity contribution is 0.467. The first-order chi connectivity index (χ1) is 11.5. The first-order valence-corrected chi connectivity index (χ1v) is 9.10. The number of aromatic nitrogens is 2. The van der Waals surface area contributed by atoms with Crippen LogP contribution in [0, 0.1) is 0 Å². The molecule has 0 fully saturated rings. The minimum Gasteiger partial charge on any atom is -0.241 e. The molecule has 0 aliphatic heterocycles. The minimum absolute atomic E-state index is 0.101. The molecule has 0 bridgehead atoms. The Balaban J connectivity index is 1.82. The predicted molar refractivity (Wildman–Crippen MR) is 93.7 cm³/mol. The number of hydrogen-bond donors (Lipinski definition) is 0. The van der Waals surface area contributed by atoms with E-state index >= 15 is 0 Å². The molecule has 3 aromatic rings. The van der Waals surface area contributed by atoms with Crippen LogP contribution in [0.2, 0.25) is 5.02 Å². The highest BCUT2D eigenvalue weighted by Gasteiger charge is 2.23. The molecule has 0 radical (unpaired) electrons. The lowest BCUT2D eigenvalue weighted by atomic mass is 10.3. The van der Waals surface area contributed by atoms with Crippen LogP contribution >= 0.6 is 11.6 Å². The van der Waals surface area contributed by atoms with E-state index in [2.05, 4.69) is 5.10 Å². The monoisotopic (exact) mass is 361 g/mol. The van der Waals surface area contributed by atoms with Gasteiger partial charge in [0.2, 0.25) is 10.0 Å². The molecule has 0 aliphatic carbocycles. The van der Waals surface area contributed by atoms with Crippen LogP contribution in [0.1, 0.15) is 5.56 Å². The summed E-state index contributed by atoms with van der Waals surface area (Å²) in [6, 6.07) is 16.1. The van der Waals surface area contributed by atoms with Crippen LogP contribution in [0.3, 0.4) is 0 Å². The fourth-order valence-electron chi connectivity index (χ4n) is 2.33. The van der Waals surface area contributed by atoms with E-state index in [1.54, 1.807) is 29.1 Å². The van der Waals surface area contributed by atoms with Gasteiger partial charge in [-0.1, -0.05) is 41.9 Å². The molecule has 0 saturated carbocycles. The molecule has 0 aliphatic rings. The summed E-state index contributed by atoms with van der Waals surface area (Å²) >= 11 is 6.02. The molecule has 124 valence electrons. The smallest absolute Gasteiger partial charge is 0.241 e. The van der Waals surface area contributed by atoms with Crippen molar-refractivity contribution in [1.29, 1.82) is 0 Å². The van der Waals surface area contributed by atoms with Gasteiger partial charge in [-0.3, -0.25) is 0 Å². The summed E-state index contributed by atoms with van der Waals surface area (Å²) < 4.78 is 28.3. The summed E-state index contributed by atoms with van der Waals surface area (Å²) in [5, 5.41) is 4.49. The van der Waals surface area contributed by atoms with Gasteiger partial charge in [0.15, 0.2) is 0 Å². The second-order valence-corrected chi connectivity index (χ2v) is 7.74. The fraction of sp³-hybridized carbons (Fsp3) is 0.118. The Morgan fingerprint density at radius 1 is 1.08 bits per heavy atom. The Morgan fingerprint density at radius 2 is 1.75 bits per heavy atom. The molecule has 3 rings (SSSR count). The number of para-hydroxylation sites is 1. The number of nitrogens with zero attached hydrogens (tertiary/aromatic N) is 3. The highest BCUT2D eigenvalue weighted by Crippen LogP contribution is 2.24. The van der Waals surface area contributed by atoms with Gasteiger partial charge in [-0.05, 0) is 24.3 Å². The van der Waals surface area contributed by atoms with E-state index in [9.17, 15) is 8.42 Å². The second kappa shape index (κ2) is 6.76. The van der Waals surface area contributed by atoms with Gasteiger partial charge < -0.3 is 0 Å². The number of rotatable bonds is 5. The van der Waals surface area contributed by atoms with Crippen LogP contribution in [-0.4, -0.2) is 29.6 Å². The molecule has 1 heterocycles. The van der Waals surface area contributed by atoms with Crippen molar-refractivity contribution in [3.05, 3.63) is 77.6 Å². The highest BCUT2D eigenvalue weighted by atomic mass is 35.5. The van der Waals surface area contributed by atoms with E-state index in [1.807, 2.05) is 36.5 Å². The molecular formula is C17H16ClN3O2S. The van der Waals surface area contributed by atoms with Crippen molar-refractivity contribution in [1.82, 2.24) is 14.1 Å². The van der Waals surface area contributed by atoms with E-state index in [4.69, 9.17) is 11.6 Å². The molecule has 1 aromatic heterocycles. The zero-order valence-corrected chi connectivity index (χ0v) is 14.6. The van der Waals surface area contributed by atoms with E-state index in [0.717, 1.165) is 11.3 Å². The van der Waals surface area contributed by atoms with E-state index in [-0.39, 0.29) is 16.5 Å². The van der Waals surface area contributed by atoms with Crippen LogP contribution in [0.25, 0.3) is 5.69 Å². The summed E-state index contributed by atoms with van der Waals surface area (Å²) in [5.41, 5.74) is 1.71. The summed E-state index contributed by atoms with van der Waals surface area (Å²) in [6.07, 6.45) is 3.47. The third-order valence-corrected chi connectivity index (χ3v) is 5.89. The molecule has 0 amide bonds. The van der Waals surface area contributed by atoms with Gasteiger partial charge in [0.05, 0.1) is 16.9 Å². The zero-order valence-electron chi connectivity index (χ0n) is 13.0. The van der Waals surface area contributed by atoms with Crippen molar-refractivity contribution in [2.24, 2.45) is 0 Å². The lowest BCUT2D eigenvalue weighted by Crippen LogP contribution is -2.26. The maximum atomic E-state index is 12.6. The standard InChI is InChI=1S/C17H16ClN3O2S/c1-20(24(22,23)17-10-6-5-9-16(17)18)12-14-11-19-21(13-14)15-7-3-2-4-8-15/h2-11,13H,12H2,1H3. The fourth-order valence-corrected chi connectivity index (χ4v) is 3.98. The summed E-state index contributed by atoms with van der Waals surface area (Å²) in [7, 11) is -2.13. The average molecular weight is 362 g/mol.